The van der Waals surface area contributed by atoms with E-state index in [1.807, 2.05) is 23.4 Å². The summed E-state index contributed by atoms with van der Waals surface area (Å²) in [5.41, 5.74) is 1.54. The van der Waals surface area contributed by atoms with Gasteiger partial charge < -0.3 is 19.3 Å². The molecule has 1 fully saturated rings. The zero-order valence-corrected chi connectivity index (χ0v) is 13.6. The zero-order valence-electron chi connectivity index (χ0n) is 13.6. The molecule has 9 heteroatoms. The van der Waals surface area contributed by atoms with Crippen LogP contribution in [-0.4, -0.2) is 59.7 Å². The molecule has 0 radical (unpaired) electrons. The quantitative estimate of drug-likeness (QED) is 0.731. The first-order valence-corrected chi connectivity index (χ1v) is 7.90. The SMILES string of the molecule is CCn1cnc2c(N3C[C@@H](O)[C@H](Oc4cnn(C)c4)C3)ncnc21. The van der Waals surface area contributed by atoms with E-state index in [0.29, 0.717) is 18.8 Å². The number of nitrogens with zero attached hydrogens (tertiary/aromatic N) is 7. The van der Waals surface area contributed by atoms with Crippen molar-refractivity contribution in [2.24, 2.45) is 7.05 Å². The fourth-order valence-electron chi connectivity index (χ4n) is 3.01. The Bertz CT molecular complexity index is 859. The molecule has 1 aliphatic rings. The number of anilines is 1. The number of rotatable bonds is 4. The summed E-state index contributed by atoms with van der Waals surface area (Å²) in [5.74, 6) is 1.37. The normalized spacial score (nSPS) is 20.9. The van der Waals surface area contributed by atoms with Crippen LogP contribution in [0.1, 0.15) is 6.92 Å². The number of fused-ring (bicyclic) bond motifs is 1. The van der Waals surface area contributed by atoms with Crippen molar-refractivity contribution in [1.29, 1.82) is 0 Å². The molecule has 0 aliphatic carbocycles. The Morgan fingerprint density at radius 2 is 2.17 bits per heavy atom. The van der Waals surface area contributed by atoms with Gasteiger partial charge >= 0.3 is 0 Å². The van der Waals surface area contributed by atoms with Gasteiger partial charge in [-0.1, -0.05) is 0 Å². The average molecular weight is 329 g/mol. The Labute approximate surface area is 138 Å². The molecule has 4 heterocycles. The first-order valence-electron chi connectivity index (χ1n) is 7.90. The average Bonchev–Trinajstić information content (AvgIpc) is 3.27. The molecule has 126 valence electrons. The minimum Gasteiger partial charge on any atom is -0.482 e. The standard InChI is InChI=1S/C15H19N7O2/c1-3-21-9-18-13-14(21)16-8-17-15(13)22-6-11(23)12(7-22)24-10-4-19-20(2)5-10/h4-5,8-9,11-12,23H,3,6-7H2,1-2H3/t11-,12-/m1/s1. The van der Waals surface area contributed by atoms with Crippen LogP contribution >= 0.6 is 0 Å². The van der Waals surface area contributed by atoms with Gasteiger partial charge in [-0.15, -0.1) is 0 Å². The van der Waals surface area contributed by atoms with Crippen LogP contribution < -0.4 is 9.64 Å². The van der Waals surface area contributed by atoms with E-state index in [4.69, 9.17) is 4.74 Å². The third-order valence-electron chi connectivity index (χ3n) is 4.23. The number of aliphatic hydroxyl groups excluding tert-OH is 1. The van der Waals surface area contributed by atoms with Gasteiger partial charge in [-0.2, -0.15) is 5.10 Å². The van der Waals surface area contributed by atoms with Crippen molar-refractivity contribution >= 4 is 17.0 Å². The first-order chi connectivity index (χ1) is 11.7. The van der Waals surface area contributed by atoms with Crippen LogP contribution in [0.3, 0.4) is 0 Å². The third-order valence-corrected chi connectivity index (χ3v) is 4.23. The number of aromatic nitrogens is 6. The van der Waals surface area contributed by atoms with Crippen molar-refractivity contribution in [2.75, 3.05) is 18.0 Å². The van der Waals surface area contributed by atoms with Crippen LogP contribution in [0.15, 0.2) is 25.0 Å². The summed E-state index contributed by atoms with van der Waals surface area (Å²) in [5, 5.41) is 14.4. The van der Waals surface area contributed by atoms with Crippen molar-refractivity contribution in [3.05, 3.63) is 25.0 Å². The van der Waals surface area contributed by atoms with E-state index in [-0.39, 0.29) is 6.10 Å². The van der Waals surface area contributed by atoms with Gasteiger partial charge in [0.05, 0.1) is 25.3 Å². The minimum absolute atomic E-state index is 0.340. The monoisotopic (exact) mass is 329 g/mol. The van der Waals surface area contributed by atoms with E-state index >= 15 is 0 Å². The lowest BCUT2D eigenvalue weighted by Gasteiger charge is -2.17. The molecule has 0 bridgehead atoms. The molecule has 1 saturated heterocycles. The summed E-state index contributed by atoms with van der Waals surface area (Å²) >= 11 is 0. The van der Waals surface area contributed by atoms with Gasteiger partial charge in [-0.05, 0) is 6.92 Å². The van der Waals surface area contributed by atoms with E-state index < -0.39 is 6.10 Å². The zero-order chi connectivity index (χ0) is 16.7. The maximum Gasteiger partial charge on any atom is 0.165 e. The van der Waals surface area contributed by atoms with Crippen LogP contribution in [0, 0.1) is 0 Å². The topological polar surface area (TPSA) is 94.1 Å². The minimum atomic E-state index is -0.608. The second-order valence-electron chi connectivity index (χ2n) is 5.88. The molecule has 3 aromatic heterocycles. The fraction of sp³-hybridized carbons (Fsp3) is 0.467. The van der Waals surface area contributed by atoms with Crippen LogP contribution in [0.2, 0.25) is 0 Å². The lowest BCUT2D eigenvalue weighted by atomic mass is 10.3. The Balaban J connectivity index is 1.58. The highest BCUT2D eigenvalue weighted by molar-refractivity contribution is 5.83. The van der Waals surface area contributed by atoms with E-state index in [2.05, 4.69) is 20.1 Å². The molecule has 2 atom stereocenters. The predicted octanol–water partition coefficient (Wildman–Crippen LogP) is 0.208. The van der Waals surface area contributed by atoms with Crippen molar-refractivity contribution in [1.82, 2.24) is 29.3 Å². The van der Waals surface area contributed by atoms with Gasteiger partial charge in [0.2, 0.25) is 0 Å². The number of imidazole rings is 1. The van der Waals surface area contributed by atoms with Crippen LogP contribution in [-0.2, 0) is 13.6 Å². The van der Waals surface area contributed by atoms with Gasteiger partial charge in [-0.25, -0.2) is 15.0 Å². The molecule has 0 saturated carbocycles. The summed E-state index contributed by atoms with van der Waals surface area (Å²) in [6, 6.07) is 0. The molecule has 1 aliphatic heterocycles. The summed E-state index contributed by atoms with van der Waals surface area (Å²) in [6.07, 6.45) is 5.77. The molecular weight excluding hydrogens is 310 g/mol. The molecule has 24 heavy (non-hydrogen) atoms. The van der Waals surface area contributed by atoms with E-state index in [0.717, 1.165) is 23.5 Å². The molecular formula is C15H19N7O2. The number of β-amino-alcohol motifs (C(OH)–C–C–N with tert-alkyl or cyclic N) is 1. The molecule has 0 aromatic carbocycles. The summed E-state index contributed by atoms with van der Waals surface area (Å²) in [4.78, 5) is 15.1. The number of aryl methyl sites for hydroxylation is 2. The number of ether oxygens (including phenoxy) is 1. The van der Waals surface area contributed by atoms with Gasteiger partial charge in [0.15, 0.2) is 22.7 Å². The molecule has 0 amide bonds. The molecule has 4 rings (SSSR count). The smallest absolute Gasteiger partial charge is 0.165 e. The van der Waals surface area contributed by atoms with Crippen LogP contribution in [0.4, 0.5) is 5.82 Å². The van der Waals surface area contributed by atoms with Gasteiger partial charge in [0.1, 0.15) is 18.5 Å². The Kier molecular flexibility index (Phi) is 3.57. The van der Waals surface area contributed by atoms with E-state index in [1.165, 1.54) is 6.33 Å². The largest absolute Gasteiger partial charge is 0.482 e. The Hall–Kier alpha value is -2.68. The number of aliphatic hydroxyl groups is 1. The number of hydrogen-bond donors (Lipinski definition) is 1. The maximum atomic E-state index is 10.3. The predicted molar refractivity (Wildman–Crippen MR) is 86.8 cm³/mol. The maximum absolute atomic E-state index is 10.3. The highest BCUT2D eigenvalue weighted by atomic mass is 16.5. The molecule has 1 N–H and O–H groups in total. The molecule has 0 unspecified atom stereocenters. The summed E-state index contributed by atoms with van der Waals surface area (Å²) in [7, 11) is 1.83. The van der Waals surface area contributed by atoms with Crippen molar-refractivity contribution in [3.63, 3.8) is 0 Å². The fourth-order valence-corrected chi connectivity index (χ4v) is 3.01. The molecule has 9 nitrogen and oxygen atoms in total. The molecule has 0 spiro atoms. The van der Waals surface area contributed by atoms with Gasteiger partial charge in [-0.3, -0.25) is 4.68 Å². The van der Waals surface area contributed by atoms with Crippen molar-refractivity contribution in [3.8, 4) is 5.75 Å². The van der Waals surface area contributed by atoms with E-state index in [1.54, 1.807) is 23.4 Å². The van der Waals surface area contributed by atoms with Crippen LogP contribution in [0.5, 0.6) is 5.75 Å². The van der Waals surface area contributed by atoms with Crippen molar-refractivity contribution < 1.29 is 9.84 Å². The highest BCUT2D eigenvalue weighted by Gasteiger charge is 2.35. The lowest BCUT2D eigenvalue weighted by Crippen LogP contribution is -2.29. The van der Waals surface area contributed by atoms with Gasteiger partial charge in [0, 0.05) is 20.1 Å². The third kappa shape index (κ3) is 2.46. The lowest BCUT2D eigenvalue weighted by molar-refractivity contribution is 0.0737. The summed E-state index contributed by atoms with van der Waals surface area (Å²) in [6.45, 7) is 3.81. The van der Waals surface area contributed by atoms with Crippen molar-refractivity contribution in [2.45, 2.75) is 25.7 Å². The molecule has 3 aromatic rings. The van der Waals surface area contributed by atoms with E-state index in [9.17, 15) is 5.11 Å². The van der Waals surface area contributed by atoms with Gasteiger partial charge in [0.25, 0.3) is 0 Å². The second-order valence-corrected chi connectivity index (χ2v) is 5.88. The number of hydrogen-bond acceptors (Lipinski definition) is 7. The second kappa shape index (κ2) is 5.75. The highest BCUT2D eigenvalue weighted by Crippen LogP contribution is 2.27. The van der Waals surface area contributed by atoms with Crippen LogP contribution in [0.25, 0.3) is 11.2 Å². The first kappa shape index (κ1) is 14.9. The Morgan fingerprint density at radius 1 is 1.29 bits per heavy atom. The Morgan fingerprint density at radius 3 is 2.92 bits per heavy atom. The summed E-state index contributed by atoms with van der Waals surface area (Å²) < 4.78 is 9.49.